The molecule has 25 heavy (non-hydrogen) atoms. The van der Waals surface area contributed by atoms with Crippen molar-refractivity contribution in [3.63, 3.8) is 0 Å². The highest BCUT2D eigenvalue weighted by molar-refractivity contribution is 9.10. The Labute approximate surface area is 157 Å². The maximum absolute atomic E-state index is 12.8. The van der Waals surface area contributed by atoms with Crippen LogP contribution in [-0.2, 0) is 6.54 Å². The molecule has 2 aromatic rings. The summed E-state index contributed by atoms with van der Waals surface area (Å²) in [6.07, 6.45) is 1.56. The summed E-state index contributed by atoms with van der Waals surface area (Å²) in [6.45, 7) is 2.32. The van der Waals surface area contributed by atoms with Crippen molar-refractivity contribution in [1.29, 1.82) is 0 Å². The summed E-state index contributed by atoms with van der Waals surface area (Å²) < 4.78 is 1.93. The summed E-state index contributed by atoms with van der Waals surface area (Å²) in [6, 6.07) is 4.83. The van der Waals surface area contributed by atoms with Gasteiger partial charge in [-0.1, -0.05) is 40.9 Å². The van der Waals surface area contributed by atoms with Gasteiger partial charge in [0.2, 0.25) is 0 Å². The zero-order valence-corrected chi connectivity index (χ0v) is 16.1. The molecule has 1 heterocycles. The first-order chi connectivity index (χ1) is 11.8. The number of unbranched alkanes of at least 4 members (excludes halogenated alkanes) is 1. The Kier molecular flexibility index (Phi) is 6.07. The molecule has 9 heteroatoms. The van der Waals surface area contributed by atoms with Gasteiger partial charge in [-0.2, -0.15) is 0 Å². The Hall–Kier alpha value is -2.06. The van der Waals surface area contributed by atoms with E-state index in [0.717, 1.165) is 11.3 Å². The molecule has 2 rings (SSSR count). The van der Waals surface area contributed by atoms with E-state index >= 15 is 0 Å². The lowest BCUT2D eigenvalue weighted by atomic mass is 10.2. The zero-order valence-electron chi connectivity index (χ0n) is 13.8. The maximum atomic E-state index is 12.8. The average molecular weight is 430 g/mol. The summed E-state index contributed by atoms with van der Waals surface area (Å²) in [5, 5.41) is 0.245. The van der Waals surface area contributed by atoms with E-state index in [1.807, 2.05) is 6.92 Å². The van der Waals surface area contributed by atoms with Crippen LogP contribution in [0.15, 0.2) is 32.3 Å². The number of carbonyl (C=O) groups excluding carboxylic acids is 1. The first kappa shape index (κ1) is 19.3. The van der Waals surface area contributed by atoms with E-state index in [0.29, 0.717) is 17.4 Å². The molecule has 3 N–H and O–H groups in total. The average Bonchev–Trinajstić information content (AvgIpc) is 2.55. The van der Waals surface area contributed by atoms with Gasteiger partial charge in [0.1, 0.15) is 5.82 Å². The highest BCUT2D eigenvalue weighted by atomic mass is 79.9. The molecule has 0 saturated carbocycles. The third-order valence-electron chi connectivity index (χ3n) is 3.75. The minimum atomic E-state index is -0.725. The van der Waals surface area contributed by atoms with Gasteiger partial charge in [0, 0.05) is 18.1 Å². The Morgan fingerprint density at radius 3 is 2.72 bits per heavy atom. The van der Waals surface area contributed by atoms with E-state index in [9.17, 15) is 14.4 Å². The van der Waals surface area contributed by atoms with Gasteiger partial charge >= 0.3 is 5.69 Å². The minimum absolute atomic E-state index is 0.0517. The van der Waals surface area contributed by atoms with Crippen molar-refractivity contribution in [3.05, 3.63) is 54.1 Å². The monoisotopic (exact) mass is 428 g/mol. The van der Waals surface area contributed by atoms with Crippen molar-refractivity contribution in [1.82, 2.24) is 9.55 Å². The summed E-state index contributed by atoms with van der Waals surface area (Å²) in [5.74, 6) is -0.562. The van der Waals surface area contributed by atoms with Gasteiger partial charge < -0.3 is 10.6 Å². The van der Waals surface area contributed by atoms with Crippen LogP contribution in [0.1, 0.15) is 30.1 Å². The van der Waals surface area contributed by atoms with Crippen LogP contribution in [0.3, 0.4) is 0 Å². The van der Waals surface area contributed by atoms with Crippen LogP contribution in [-0.4, -0.2) is 22.5 Å². The molecule has 0 bridgehead atoms. The Balaban J connectivity index is 2.53. The molecule has 1 amide bonds. The van der Waals surface area contributed by atoms with Crippen molar-refractivity contribution in [2.75, 3.05) is 17.7 Å². The number of nitrogen functional groups attached to an aromatic ring is 1. The number of hydrogen-bond donors (Lipinski definition) is 2. The number of hydrogen-bond acceptors (Lipinski definition) is 4. The zero-order chi connectivity index (χ0) is 18.7. The highest BCUT2D eigenvalue weighted by Crippen LogP contribution is 2.25. The molecule has 134 valence electrons. The van der Waals surface area contributed by atoms with E-state index in [2.05, 4.69) is 20.9 Å². The van der Waals surface area contributed by atoms with Crippen molar-refractivity contribution >= 4 is 44.9 Å². The Morgan fingerprint density at radius 2 is 2.08 bits per heavy atom. The number of amides is 1. The van der Waals surface area contributed by atoms with E-state index in [-0.39, 0.29) is 22.1 Å². The van der Waals surface area contributed by atoms with E-state index in [1.165, 1.54) is 11.6 Å². The lowest BCUT2D eigenvalue weighted by molar-refractivity contribution is 0.0992. The molecule has 0 unspecified atom stereocenters. The number of aromatic nitrogens is 2. The second kappa shape index (κ2) is 7.88. The number of aromatic amines is 1. The molecule has 0 fully saturated rings. The summed E-state index contributed by atoms with van der Waals surface area (Å²) in [5.41, 5.74) is 4.82. The maximum Gasteiger partial charge on any atom is 0.330 e. The van der Waals surface area contributed by atoms with Crippen molar-refractivity contribution in [3.8, 4) is 0 Å². The molecule has 1 aromatic heterocycles. The molecule has 0 radical (unpaired) electrons. The van der Waals surface area contributed by atoms with Gasteiger partial charge in [-0.15, -0.1) is 0 Å². The van der Waals surface area contributed by atoms with Crippen LogP contribution in [0, 0.1) is 0 Å². The van der Waals surface area contributed by atoms with Crippen LogP contribution in [0.4, 0.5) is 11.5 Å². The van der Waals surface area contributed by atoms with E-state index in [4.69, 9.17) is 17.3 Å². The van der Waals surface area contributed by atoms with Gasteiger partial charge in [0.25, 0.3) is 11.5 Å². The number of carbonyl (C=O) groups is 1. The summed E-state index contributed by atoms with van der Waals surface area (Å²) in [4.78, 5) is 40.3. The number of benzene rings is 1. The second-order valence-electron chi connectivity index (χ2n) is 5.49. The minimum Gasteiger partial charge on any atom is -0.383 e. The standard InChI is InChI=1S/C16H18BrClN4O3/c1-3-4-7-22-13(19)12(14(23)20-16(22)25)21(2)15(24)10-8-9(17)5-6-11(10)18/h5-6,8H,3-4,7,19H2,1-2H3,(H,20,23,25). The van der Waals surface area contributed by atoms with Crippen molar-refractivity contribution < 1.29 is 4.79 Å². The van der Waals surface area contributed by atoms with Gasteiger partial charge in [0.05, 0.1) is 10.6 Å². The number of rotatable bonds is 5. The van der Waals surface area contributed by atoms with Crippen molar-refractivity contribution in [2.45, 2.75) is 26.3 Å². The van der Waals surface area contributed by atoms with Crippen LogP contribution in [0.25, 0.3) is 0 Å². The van der Waals surface area contributed by atoms with Crippen molar-refractivity contribution in [2.24, 2.45) is 0 Å². The van der Waals surface area contributed by atoms with E-state index in [1.54, 1.807) is 18.2 Å². The number of H-pyrrole nitrogens is 1. The van der Waals surface area contributed by atoms with E-state index < -0.39 is 17.2 Å². The lowest BCUT2D eigenvalue weighted by Gasteiger charge is -2.21. The number of nitrogens with zero attached hydrogens (tertiary/aromatic N) is 2. The van der Waals surface area contributed by atoms with Crippen LogP contribution in [0.5, 0.6) is 0 Å². The Bertz CT molecular complexity index is 923. The summed E-state index contributed by atoms with van der Waals surface area (Å²) >= 11 is 9.37. The second-order valence-corrected chi connectivity index (χ2v) is 6.81. The summed E-state index contributed by atoms with van der Waals surface area (Å²) in [7, 11) is 1.41. The molecule has 7 nitrogen and oxygen atoms in total. The molecular formula is C16H18BrClN4O3. The normalized spacial score (nSPS) is 10.7. The van der Waals surface area contributed by atoms with Gasteiger partial charge in [-0.25, -0.2) is 4.79 Å². The fourth-order valence-electron chi connectivity index (χ4n) is 2.38. The predicted molar refractivity (Wildman–Crippen MR) is 103 cm³/mol. The third-order valence-corrected chi connectivity index (χ3v) is 4.57. The molecule has 0 spiro atoms. The molecule has 0 saturated heterocycles. The van der Waals surface area contributed by atoms with Crippen LogP contribution < -0.4 is 21.9 Å². The quantitative estimate of drug-likeness (QED) is 0.763. The van der Waals surface area contributed by atoms with Gasteiger partial charge in [0.15, 0.2) is 5.69 Å². The molecular weight excluding hydrogens is 412 g/mol. The highest BCUT2D eigenvalue weighted by Gasteiger charge is 2.23. The number of nitrogens with two attached hydrogens (primary N) is 1. The van der Waals surface area contributed by atoms with Crippen LogP contribution >= 0.6 is 27.5 Å². The molecule has 0 aliphatic heterocycles. The number of nitrogens with one attached hydrogen (secondary N) is 1. The smallest absolute Gasteiger partial charge is 0.330 e. The Morgan fingerprint density at radius 1 is 1.40 bits per heavy atom. The molecule has 0 aliphatic carbocycles. The SMILES string of the molecule is CCCCn1c(N)c(N(C)C(=O)c2cc(Br)ccc2Cl)c(=O)[nH]c1=O. The number of anilines is 2. The fraction of sp³-hybridized carbons (Fsp3) is 0.312. The number of halogens is 2. The lowest BCUT2D eigenvalue weighted by Crippen LogP contribution is -2.39. The molecule has 1 aromatic carbocycles. The van der Waals surface area contributed by atoms with Gasteiger partial charge in [-0.3, -0.25) is 19.1 Å². The fourth-order valence-corrected chi connectivity index (χ4v) is 2.94. The topological polar surface area (TPSA) is 101 Å². The largest absolute Gasteiger partial charge is 0.383 e. The first-order valence-corrected chi connectivity index (χ1v) is 8.80. The van der Waals surface area contributed by atoms with Crippen LogP contribution in [0.2, 0.25) is 5.02 Å². The molecule has 0 aliphatic rings. The van der Waals surface area contributed by atoms with Gasteiger partial charge in [-0.05, 0) is 24.6 Å². The predicted octanol–water partition coefficient (Wildman–Crippen LogP) is 2.61. The molecule has 0 atom stereocenters. The first-order valence-electron chi connectivity index (χ1n) is 7.63. The third kappa shape index (κ3) is 3.96.